The lowest BCUT2D eigenvalue weighted by Crippen LogP contribution is -2.59. The van der Waals surface area contributed by atoms with Gasteiger partial charge in [-0.3, -0.25) is 29.4 Å². The highest BCUT2D eigenvalue weighted by Gasteiger charge is 2.31. The Hall–Kier alpha value is -4.95. The SMILES string of the molecule is CCOC(=O)/C=C/C(=O)N(CC(=O)O)NC(=O)C(NC(=O)C(CCC(=O)O)NC(=O)OCc1ccccc1)C(C)C. The Labute approximate surface area is 235 Å². The van der Waals surface area contributed by atoms with Gasteiger partial charge in [0.2, 0.25) is 5.91 Å². The number of hydrogen-bond acceptors (Lipinski definition) is 9. The number of benzene rings is 1. The molecule has 0 fully saturated rings. The summed E-state index contributed by atoms with van der Waals surface area (Å²) >= 11 is 0. The summed E-state index contributed by atoms with van der Waals surface area (Å²) in [4.78, 5) is 84.6. The average Bonchev–Trinajstić information content (AvgIpc) is 2.91. The number of carbonyl (C=O) groups excluding carboxylic acids is 5. The second kappa shape index (κ2) is 17.6. The van der Waals surface area contributed by atoms with Gasteiger partial charge in [-0.2, -0.15) is 0 Å². The van der Waals surface area contributed by atoms with E-state index in [0.717, 1.165) is 6.08 Å². The van der Waals surface area contributed by atoms with Gasteiger partial charge in [-0.1, -0.05) is 44.2 Å². The van der Waals surface area contributed by atoms with Crippen LogP contribution in [0.5, 0.6) is 0 Å². The van der Waals surface area contributed by atoms with E-state index in [1.54, 1.807) is 51.1 Å². The van der Waals surface area contributed by atoms with Crippen LogP contribution in [0.15, 0.2) is 42.5 Å². The highest BCUT2D eigenvalue weighted by Crippen LogP contribution is 2.07. The van der Waals surface area contributed by atoms with Gasteiger partial charge in [0, 0.05) is 18.6 Å². The summed E-state index contributed by atoms with van der Waals surface area (Å²) in [6, 6.07) is 5.89. The van der Waals surface area contributed by atoms with E-state index in [4.69, 9.17) is 14.9 Å². The molecule has 0 saturated carbocycles. The zero-order chi connectivity index (χ0) is 30.9. The molecule has 2 unspecified atom stereocenters. The minimum Gasteiger partial charge on any atom is -0.481 e. The molecule has 224 valence electrons. The number of carboxylic acid groups (broad SMARTS) is 2. The number of ether oxygens (including phenoxy) is 2. The second-order valence-corrected chi connectivity index (χ2v) is 8.80. The molecular weight excluding hydrogens is 544 g/mol. The summed E-state index contributed by atoms with van der Waals surface area (Å²) in [5.74, 6) is -7.17. The predicted octanol–water partition coefficient (Wildman–Crippen LogP) is 0.351. The third-order valence-corrected chi connectivity index (χ3v) is 5.17. The highest BCUT2D eigenvalue weighted by molar-refractivity contribution is 5.97. The number of carboxylic acids is 2. The Balaban J connectivity index is 2.99. The third-order valence-electron chi connectivity index (χ3n) is 5.17. The number of amides is 4. The molecule has 0 aliphatic rings. The Morgan fingerprint density at radius 1 is 0.902 bits per heavy atom. The second-order valence-electron chi connectivity index (χ2n) is 8.80. The highest BCUT2D eigenvalue weighted by atomic mass is 16.5. The number of hydrazine groups is 1. The average molecular weight is 579 g/mol. The maximum Gasteiger partial charge on any atom is 0.408 e. The van der Waals surface area contributed by atoms with Crippen LogP contribution in [0.2, 0.25) is 0 Å². The van der Waals surface area contributed by atoms with Crippen molar-refractivity contribution in [3.8, 4) is 0 Å². The van der Waals surface area contributed by atoms with Crippen molar-refractivity contribution in [3.63, 3.8) is 0 Å². The Morgan fingerprint density at radius 2 is 1.56 bits per heavy atom. The number of nitrogens with one attached hydrogen (secondary N) is 3. The molecule has 1 aromatic carbocycles. The van der Waals surface area contributed by atoms with E-state index < -0.39 is 72.7 Å². The topological polar surface area (TPSA) is 218 Å². The van der Waals surface area contributed by atoms with Gasteiger partial charge in [0.1, 0.15) is 25.2 Å². The Bertz CT molecular complexity index is 1120. The smallest absolute Gasteiger partial charge is 0.408 e. The zero-order valence-corrected chi connectivity index (χ0v) is 22.8. The largest absolute Gasteiger partial charge is 0.481 e. The molecular formula is C26H34N4O11. The molecule has 0 bridgehead atoms. The van der Waals surface area contributed by atoms with Crippen LogP contribution >= 0.6 is 0 Å². The van der Waals surface area contributed by atoms with E-state index >= 15 is 0 Å². The summed E-state index contributed by atoms with van der Waals surface area (Å²) < 4.78 is 9.74. The van der Waals surface area contributed by atoms with Gasteiger partial charge in [0.05, 0.1) is 6.61 Å². The van der Waals surface area contributed by atoms with Crippen molar-refractivity contribution in [1.29, 1.82) is 0 Å². The van der Waals surface area contributed by atoms with Crippen molar-refractivity contribution in [3.05, 3.63) is 48.0 Å². The van der Waals surface area contributed by atoms with Gasteiger partial charge in [-0.15, -0.1) is 0 Å². The first-order chi connectivity index (χ1) is 19.3. The van der Waals surface area contributed by atoms with Crippen LogP contribution in [0.1, 0.15) is 39.2 Å². The summed E-state index contributed by atoms with van der Waals surface area (Å²) in [6.45, 7) is 3.57. The molecule has 0 aliphatic heterocycles. The van der Waals surface area contributed by atoms with Crippen LogP contribution in [0.3, 0.4) is 0 Å². The molecule has 0 heterocycles. The van der Waals surface area contributed by atoms with Crippen LogP contribution in [0.4, 0.5) is 4.79 Å². The van der Waals surface area contributed by atoms with Crippen molar-refractivity contribution in [2.75, 3.05) is 13.2 Å². The van der Waals surface area contributed by atoms with E-state index in [0.29, 0.717) is 16.6 Å². The zero-order valence-electron chi connectivity index (χ0n) is 22.8. The molecule has 15 heteroatoms. The fourth-order valence-corrected chi connectivity index (χ4v) is 3.16. The van der Waals surface area contributed by atoms with Gasteiger partial charge >= 0.3 is 24.0 Å². The fraction of sp³-hybridized carbons (Fsp3) is 0.423. The number of alkyl carbamates (subject to hydrolysis) is 1. The van der Waals surface area contributed by atoms with Crippen molar-refractivity contribution >= 4 is 41.7 Å². The van der Waals surface area contributed by atoms with Gasteiger partial charge in [0.25, 0.3) is 11.8 Å². The Morgan fingerprint density at radius 3 is 2.12 bits per heavy atom. The van der Waals surface area contributed by atoms with Gasteiger partial charge < -0.3 is 30.3 Å². The fourth-order valence-electron chi connectivity index (χ4n) is 3.16. The summed E-state index contributed by atoms with van der Waals surface area (Å²) in [7, 11) is 0. The van der Waals surface area contributed by atoms with Crippen LogP contribution in [0.25, 0.3) is 0 Å². The molecule has 1 aromatic rings. The first-order valence-electron chi connectivity index (χ1n) is 12.5. The lowest BCUT2D eigenvalue weighted by molar-refractivity contribution is -0.148. The molecule has 0 saturated heterocycles. The minimum absolute atomic E-state index is 0.0375. The molecule has 5 N–H and O–H groups in total. The van der Waals surface area contributed by atoms with E-state index in [1.165, 1.54) is 0 Å². The lowest BCUT2D eigenvalue weighted by atomic mass is 10.0. The predicted molar refractivity (Wildman–Crippen MR) is 140 cm³/mol. The number of rotatable bonds is 15. The van der Waals surface area contributed by atoms with Crippen LogP contribution in [0, 0.1) is 5.92 Å². The summed E-state index contributed by atoms with van der Waals surface area (Å²) in [5, 5.41) is 23.3. The molecule has 0 aromatic heterocycles. The molecule has 1 rings (SSSR count). The number of nitrogens with zero attached hydrogens (tertiary/aromatic N) is 1. The molecule has 41 heavy (non-hydrogen) atoms. The molecule has 0 spiro atoms. The van der Waals surface area contributed by atoms with Crippen molar-refractivity contribution < 1.29 is 53.2 Å². The quantitative estimate of drug-likeness (QED) is 0.109. The maximum atomic E-state index is 13.0. The van der Waals surface area contributed by atoms with Crippen LogP contribution < -0.4 is 16.1 Å². The molecule has 0 radical (unpaired) electrons. The minimum atomic E-state index is -1.49. The van der Waals surface area contributed by atoms with E-state index in [1.807, 2.05) is 0 Å². The summed E-state index contributed by atoms with van der Waals surface area (Å²) in [5.41, 5.74) is 2.77. The van der Waals surface area contributed by atoms with Gasteiger partial charge in [-0.25, -0.2) is 14.6 Å². The first kappa shape index (κ1) is 34.1. The van der Waals surface area contributed by atoms with Gasteiger partial charge in [0.15, 0.2) is 0 Å². The molecule has 0 aliphatic carbocycles. The van der Waals surface area contributed by atoms with E-state index in [-0.39, 0.29) is 19.6 Å². The molecule has 4 amide bonds. The van der Waals surface area contributed by atoms with Crippen molar-refractivity contribution in [1.82, 2.24) is 21.1 Å². The standard InChI is InChI=1S/C26H34N4O11/c1-4-40-22(36)13-11-19(31)30(14-21(34)35)29-25(38)23(16(2)3)28-24(37)18(10-12-20(32)33)27-26(39)41-15-17-8-6-5-7-9-17/h5-9,11,13,16,18,23H,4,10,12,14-15H2,1-3H3,(H,27,39)(H,28,37)(H,29,38)(H,32,33)(H,34,35)/b13-11+. The monoisotopic (exact) mass is 578 g/mol. The van der Waals surface area contributed by atoms with Gasteiger partial charge in [-0.05, 0) is 24.8 Å². The maximum absolute atomic E-state index is 13.0. The van der Waals surface area contributed by atoms with E-state index in [2.05, 4.69) is 20.8 Å². The first-order valence-corrected chi connectivity index (χ1v) is 12.5. The number of esters is 1. The Kier molecular flexibility index (Phi) is 14.6. The number of hydrogen-bond donors (Lipinski definition) is 5. The van der Waals surface area contributed by atoms with Crippen LogP contribution in [-0.2, 0) is 44.8 Å². The third kappa shape index (κ3) is 13.6. The number of carbonyl (C=O) groups is 7. The van der Waals surface area contributed by atoms with Crippen molar-refractivity contribution in [2.24, 2.45) is 5.92 Å². The summed E-state index contributed by atoms with van der Waals surface area (Å²) in [6.07, 6.45) is -0.377. The normalized spacial score (nSPS) is 12.1. The van der Waals surface area contributed by atoms with Crippen LogP contribution in [-0.4, -0.2) is 82.2 Å². The molecule has 15 nitrogen and oxygen atoms in total. The molecule has 2 atom stereocenters. The van der Waals surface area contributed by atoms with E-state index in [9.17, 15) is 33.6 Å². The lowest BCUT2D eigenvalue weighted by Gasteiger charge is -2.28. The van der Waals surface area contributed by atoms with Crippen molar-refractivity contribution in [2.45, 2.75) is 52.3 Å². The number of aliphatic carboxylic acids is 2.